The summed E-state index contributed by atoms with van der Waals surface area (Å²) >= 11 is 0. The molecule has 0 nitrogen and oxygen atoms in total. The van der Waals surface area contributed by atoms with E-state index in [1.165, 1.54) is 68.4 Å². The van der Waals surface area contributed by atoms with Gasteiger partial charge in [0.05, 0.1) is 0 Å². The lowest BCUT2D eigenvalue weighted by atomic mass is 10.1. The van der Waals surface area contributed by atoms with E-state index in [0.717, 1.165) is 8.27 Å². The van der Waals surface area contributed by atoms with Crippen molar-refractivity contribution in [2.45, 2.75) is 44.9 Å². The highest BCUT2D eigenvalue weighted by atomic mass is 32.8. The molecule has 6 heteroatoms. The Morgan fingerprint density at radius 1 is 0.314 bits per heavy atom. The largest absolute Gasteiger partial charge is 0.0862 e. The van der Waals surface area contributed by atoms with E-state index in [1.807, 2.05) is 0 Å². The Morgan fingerprint density at radius 2 is 0.725 bits per heavy atom. The molecule has 0 spiro atoms. The van der Waals surface area contributed by atoms with Gasteiger partial charge in [-0.05, 0) is 99.6 Å². The zero-order valence-electron chi connectivity index (χ0n) is 29.3. The number of hydrogen-bond acceptors (Lipinski definition) is 0. The minimum absolute atomic E-state index is 0.377. The van der Waals surface area contributed by atoms with Crippen LogP contribution in [0, 0.1) is 0 Å². The van der Waals surface area contributed by atoms with Crippen molar-refractivity contribution in [1.82, 2.24) is 0 Å². The van der Waals surface area contributed by atoms with E-state index in [0.29, 0.717) is 0 Å². The Morgan fingerprint density at radius 3 is 1.27 bits per heavy atom. The summed E-state index contributed by atoms with van der Waals surface area (Å²) in [6.45, 7) is 0. The van der Waals surface area contributed by atoms with Crippen molar-refractivity contribution in [3.8, 4) is 11.1 Å². The lowest BCUT2D eigenvalue weighted by Crippen LogP contribution is -2.13. The van der Waals surface area contributed by atoms with Crippen molar-refractivity contribution < 1.29 is 0 Å². The average molecular weight is 775 g/mol. The van der Waals surface area contributed by atoms with Crippen molar-refractivity contribution in [3.63, 3.8) is 0 Å². The quantitative estimate of drug-likeness (QED) is 0.148. The van der Waals surface area contributed by atoms with Crippen LogP contribution in [0.2, 0.25) is 0 Å². The van der Waals surface area contributed by atoms with Crippen LogP contribution in [0.4, 0.5) is 0 Å². The highest BCUT2D eigenvalue weighted by Gasteiger charge is 2.41. The number of hydrogen-bond donors (Lipinski definition) is 0. The van der Waals surface area contributed by atoms with Gasteiger partial charge in [-0.15, -0.1) is 0 Å². The van der Waals surface area contributed by atoms with Gasteiger partial charge in [-0.25, -0.2) is 0 Å². The first-order valence-electron chi connectivity index (χ1n) is 18.4. The van der Waals surface area contributed by atoms with Gasteiger partial charge in [0, 0.05) is 0 Å². The molecule has 1 fully saturated rings. The first-order valence-corrected chi connectivity index (χ1v) is 30.2. The zero-order chi connectivity index (χ0) is 34.5. The molecule has 1 aliphatic rings. The zero-order valence-corrected chi connectivity index (χ0v) is 34.8. The van der Waals surface area contributed by atoms with Crippen LogP contribution in [0.1, 0.15) is 44.9 Å². The van der Waals surface area contributed by atoms with E-state index in [4.69, 9.17) is 0 Å². The van der Waals surface area contributed by atoms with Crippen molar-refractivity contribution in [2.75, 3.05) is 12.3 Å². The smallest absolute Gasteiger partial charge is 0.00602 e. The van der Waals surface area contributed by atoms with E-state index in [9.17, 15) is 0 Å². The van der Waals surface area contributed by atoms with Crippen LogP contribution >= 0.6 is 45.1 Å². The van der Waals surface area contributed by atoms with Gasteiger partial charge in [-0.3, -0.25) is 0 Å². The molecule has 0 amide bonds. The number of rotatable bonds is 6. The highest BCUT2D eigenvalue weighted by molar-refractivity contribution is 8.95. The fraction of sp³-hybridized carbons (Fsp3) is 0.200. The predicted molar refractivity (Wildman–Crippen MR) is 241 cm³/mol. The average Bonchev–Trinajstić information content (AvgIpc) is 3.22. The standard InChI is InChI=1S/C45H48P6/c1-2-4-21-37-46-48(42-25-13-7-14-26-42)50(44-29-17-9-18-30-44)51(45-31-19-10-20-32-45)49(43-27-15-8-16-28-43)47(38-22-5-3-1)41-35-33-40(34-36-41)39-23-11-6-12-24-39/h6-20,23-36,46H,1-5,21-22,37-38H2. The molecule has 6 aromatic carbocycles. The predicted octanol–water partition coefficient (Wildman–Crippen LogP) is 13.7. The molecule has 0 N–H and O–H groups in total. The monoisotopic (exact) mass is 774 g/mol. The second-order valence-electron chi connectivity index (χ2n) is 12.9. The lowest BCUT2D eigenvalue weighted by molar-refractivity contribution is 0.605. The normalized spacial score (nSPS) is 22.8. The number of benzene rings is 6. The third kappa shape index (κ3) is 9.91. The second-order valence-corrected chi connectivity index (χ2v) is 36.1. The van der Waals surface area contributed by atoms with Crippen LogP contribution in [0.15, 0.2) is 176 Å². The van der Waals surface area contributed by atoms with Gasteiger partial charge in [0.1, 0.15) is 0 Å². The van der Waals surface area contributed by atoms with Crippen LogP contribution in [0.25, 0.3) is 11.1 Å². The molecule has 6 atom stereocenters. The molecule has 7 rings (SSSR count). The van der Waals surface area contributed by atoms with E-state index in [2.05, 4.69) is 176 Å². The molecule has 0 radical (unpaired) electrons. The maximum absolute atomic E-state index is 2.53. The maximum atomic E-state index is 2.53. The van der Waals surface area contributed by atoms with Gasteiger partial charge in [-0.2, -0.15) is 0 Å². The molecule has 51 heavy (non-hydrogen) atoms. The molecule has 1 saturated heterocycles. The van der Waals surface area contributed by atoms with Crippen LogP contribution < -0.4 is 26.5 Å². The van der Waals surface area contributed by atoms with Gasteiger partial charge in [0.2, 0.25) is 0 Å². The molecule has 0 bridgehead atoms. The molecular formula is C45H48P6. The fourth-order valence-electron chi connectivity index (χ4n) is 6.73. The van der Waals surface area contributed by atoms with Gasteiger partial charge >= 0.3 is 0 Å². The Balaban J connectivity index is 1.45. The molecule has 258 valence electrons. The van der Waals surface area contributed by atoms with E-state index in [-0.39, 0.29) is 7.30 Å². The SMILES string of the molecule is c1ccc(-c2ccc(P3CCCCCCCCCPP(c4ccccc4)P(c4ccccc4)P(c4ccccc4)P3c3ccccc3)cc2)cc1. The molecule has 6 aromatic rings. The summed E-state index contributed by atoms with van der Waals surface area (Å²) in [5.74, 6) is 0. The molecular weight excluding hydrogens is 726 g/mol. The minimum atomic E-state index is -0.544. The van der Waals surface area contributed by atoms with Crippen molar-refractivity contribution in [2.24, 2.45) is 0 Å². The Bertz CT molecular complexity index is 1850. The van der Waals surface area contributed by atoms with Gasteiger partial charge in [-0.1, -0.05) is 216 Å². The summed E-state index contributed by atoms with van der Waals surface area (Å²) in [5, 5.41) is 8.06. The summed E-state index contributed by atoms with van der Waals surface area (Å²) in [4.78, 5) is 0. The molecule has 1 aliphatic heterocycles. The third-order valence-electron chi connectivity index (χ3n) is 9.32. The van der Waals surface area contributed by atoms with Crippen LogP contribution in [0.5, 0.6) is 0 Å². The first-order chi connectivity index (χ1) is 25.4. The summed E-state index contributed by atoms with van der Waals surface area (Å²) < 4.78 is 0. The van der Waals surface area contributed by atoms with Gasteiger partial charge in [0.25, 0.3) is 0 Å². The molecule has 0 aromatic heterocycles. The second kappa shape index (κ2) is 19.8. The van der Waals surface area contributed by atoms with Crippen molar-refractivity contribution in [3.05, 3.63) is 176 Å². The van der Waals surface area contributed by atoms with Crippen LogP contribution in [-0.2, 0) is 0 Å². The lowest BCUT2D eigenvalue weighted by Gasteiger charge is -2.43. The van der Waals surface area contributed by atoms with Gasteiger partial charge < -0.3 is 0 Å². The maximum Gasteiger partial charge on any atom is -0.00602 e. The van der Waals surface area contributed by atoms with Crippen LogP contribution in [0.3, 0.4) is 0 Å². The topological polar surface area (TPSA) is 0 Å². The van der Waals surface area contributed by atoms with Crippen molar-refractivity contribution >= 4 is 71.6 Å². The van der Waals surface area contributed by atoms with Crippen LogP contribution in [-0.4, -0.2) is 12.3 Å². The molecule has 6 unspecified atom stereocenters. The third-order valence-corrected chi connectivity index (χ3v) is 46.7. The summed E-state index contributed by atoms with van der Waals surface area (Å²) in [7, 11) is -1.40. The molecule has 0 saturated carbocycles. The Labute approximate surface area is 314 Å². The summed E-state index contributed by atoms with van der Waals surface area (Å²) in [6.07, 6.45) is 12.3. The molecule has 0 aliphatic carbocycles. The Kier molecular flexibility index (Phi) is 14.5. The minimum Gasteiger partial charge on any atom is -0.0862 e. The summed E-state index contributed by atoms with van der Waals surface area (Å²) in [5.41, 5.74) is 2.63. The van der Waals surface area contributed by atoms with E-state index < -0.39 is 29.5 Å². The first kappa shape index (κ1) is 37.2. The van der Waals surface area contributed by atoms with Gasteiger partial charge in [0.15, 0.2) is 0 Å². The van der Waals surface area contributed by atoms with Crippen molar-refractivity contribution in [1.29, 1.82) is 0 Å². The van der Waals surface area contributed by atoms with E-state index in [1.54, 1.807) is 26.5 Å². The summed E-state index contributed by atoms with van der Waals surface area (Å²) in [6, 6.07) is 68.4. The fourth-order valence-corrected chi connectivity index (χ4v) is 58.3. The van der Waals surface area contributed by atoms with E-state index >= 15 is 0 Å². The Hall–Kier alpha value is -2.10. The highest BCUT2D eigenvalue weighted by Crippen LogP contribution is 3.03. The molecule has 1 heterocycles.